The highest BCUT2D eigenvalue weighted by Crippen LogP contribution is 2.26. The fraction of sp³-hybridized carbons (Fsp3) is 0.429. The maximum Gasteiger partial charge on any atom is 0.252 e. The van der Waals surface area contributed by atoms with Crippen LogP contribution in [-0.2, 0) is 6.54 Å². The Kier molecular flexibility index (Phi) is 3.69. The zero-order chi connectivity index (χ0) is 15.0. The third-order valence-corrected chi connectivity index (χ3v) is 4.45. The number of nitrogens with zero attached hydrogens (tertiary/aromatic N) is 6. The summed E-state index contributed by atoms with van der Waals surface area (Å²) < 4.78 is 1.70. The number of fused-ring (bicyclic) bond motifs is 1. The summed E-state index contributed by atoms with van der Waals surface area (Å²) in [5.74, 6) is 1.40. The second-order valence-electron chi connectivity index (χ2n) is 5.16. The Labute approximate surface area is 127 Å². The third kappa shape index (κ3) is 2.79. The van der Waals surface area contributed by atoms with Crippen molar-refractivity contribution in [2.45, 2.75) is 33.4 Å². The summed E-state index contributed by atoms with van der Waals surface area (Å²) in [5, 5.41) is 5.55. The van der Waals surface area contributed by atoms with Crippen molar-refractivity contribution in [3.05, 3.63) is 39.9 Å². The maximum atomic E-state index is 4.63. The molecule has 0 aromatic carbocycles. The molecule has 1 atom stereocenters. The van der Waals surface area contributed by atoms with Crippen molar-refractivity contribution < 1.29 is 0 Å². The topological polar surface area (TPSA) is 59.2 Å². The quantitative estimate of drug-likeness (QED) is 0.740. The first-order valence-corrected chi connectivity index (χ1v) is 7.66. The number of rotatable bonds is 4. The molecule has 21 heavy (non-hydrogen) atoms. The molecule has 1 unspecified atom stereocenters. The molecule has 0 N–H and O–H groups in total. The molecule has 0 saturated carbocycles. The highest BCUT2D eigenvalue weighted by molar-refractivity contribution is 7.11. The smallest absolute Gasteiger partial charge is 0.252 e. The molecule has 0 spiro atoms. The van der Waals surface area contributed by atoms with Crippen LogP contribution in [0.4, 0.5) is 0 Å². The van der Waals surface area contributed by atoms with Crippen LogP contribution < -0.4 is 0 Å². The lowest BCUT2D eigenvalue weighted by molar-refractivity contribution is 0.242. The number of aromatic nitrogens is 5. The molecule has 0 radical (unpaired) electrons. The van der Waals surface area contributed by atoms with Gasteiger partial charge in [-0.25, -0.2) is 14.5 Å². The lowest BCUT2D eigenvalue weighted by atomic mass is 10.2. The van der Waals surface area contributed by atoms with Gasteiger partial charge in [0.1, 0.15) is 0 Å². The molecule has 0 bridgehead atoms. The van der Waals surface area contributed by atoms with E-state index < -0.39 is 0 Å². The van der Waals surface area contributed by atoms with E-state index in [1.54, 1.807) is 22.0 Å². The molecule has 3 rings (SSSR count). The van der Waals surface area contributed by atoms with Crippen LogP contribution in [-0.4, -0.2) is 36.5 Å². The van der Waals surface area contributed by atoms with Crippen LogP contribution in [0.25, 0.3) is 5.78 Å². The second kappa shape index (κ2) is 5.50. The molecule has 0 aliphatic carbocycles. The Hall–Kier alpha value is -1.86. The first-order valence-electron chi connectivity index (χ1n) is 6.85. The van der Waals surface area contributed by atoms with Gasteiger partial charge in [-0.15, -0.1) is 16.4 Å². The molecule has 0 aliphatic rings. The summed E-state index contributed by atoms with van der Waals surface area (Å²) in [4.78, 5) is 16.7. The van der Waals surface area contributed by atoms with Crippen LogP contribution >= 0.6 is 11.3 Å². The average molecular weight is 302 g/mol. The first-order chi connectivity index (χ1) is 10.0. The number of hydrogen-bond acceptors (Lipinski definition) is 6. The van der Waals surface area contributed by atoms with Gasteiger partial charge in [0.15, 0.2) is 5.82 Å². The van der Waals surface area contributed by atoms with Crippen molar-refractivity contribution in [3.8, 4) is 0 Å². The predicted octanol–water partition coefficient (Wildman–Crippen LogP) is 2.39. The van der Waals surface area contributed by atoms with E-state index in [1.807, 2.05) is 19.2 Å². The van der Waals surface area contributed by atoms with E-state index in [4.69, 9.17) is 0 Å². The highest BCUT2D eigenvalue weighted by atomic mass is 32.1. The van der Waals surface area contributed by atoms with Gasteiger partial charge in [0, 0.05) is 17.3 Å². The highest BCUT2D eigenvalue weighted by Gasteiger charge is 2.19. The van der Waals surface area contributed by atoms with Gasteiger partial charge in [0.25, 0.3) is 5.78 Å². The van der Waals surface area contributed by atoms with Gasteiger partial charge < -0.3 is 0 Å². The van der Waals surface area contributed by atoms with Crippen molar-refractivity contribution in [2.75, 3.05) is 7.05 Å². The molecule has 6 nitrogen and oxygen atoms in total. The normalized spacial score (nSPS) is 13.2. The van der Waals surface area contributed by atoms with E-state index in [9.17, 15) is 0 Å². The lowest BCUT2D eigenvalue weighted by Gasteiger charge is -2.22. The van der Waals surface area contributed by atoms with E-state index in [1.165, 1.54) is 4.88 Å². The minimum absolute atomic E-state index is 0.231. The fourth-order valence-corrected chi connectivity index (χ4v) is 3.25. The van der Waals surface area contributed by atoms with Gasteiger partial charge in [0.05, 0.1) is 23.3 Å². The van der Waals surface area contributed by atoms with Crippen molar-refractivity contribution in [1.82, 2.24) is 29.5 Å². The second-order valence-corrected chi connectivity index (χ2v) is 6.57. The van der Waals surface area contributed by atoms with Crippen LogP contribution in [0.5, 0.6) is 0 Å². The molecule has 3 aromatic rings. The Morgan fingerprint density at radius 2 is 2.14 bits per heavy atom. The summed E-state index contributed by atoms with van der Waals surface area (Å²) in [5.41, 5.74) is 1.14. The van der Waals surface area contributed by atoms with Crippen LogP contribution in [0.15, 0.2) is 18.5 Å². The largest absolute Gasteiger partial charge is 0.291 e. The van der Waals surface area contributed by atoms with E-state index in [0.29, 0.717) is 12.3 Å². The Bertz CT molecular complexity index is 729. The molecule has 0 fully saturated rings. The van der Waals surface area contributed by atoms with Crippen molar-refractivity contribution in [1.29, 1.82) is 0 Å². The van der Waals surface area contributed by atoms with Crippen LogP contribution in [0, 0.1) is 13.8 Å². The zero-order valence-corrected chi connectivity index (χ0v) is 13.4. The monoisotopic (exact) mass is 302 g/mol. The average Bonchev–Trinajstić information content (AvgIpc) is 3.00. The van der Waals surface area contributed by atoms with Gasteiger partial charge in [-0.3, -0.25) is 4.90 Å². The summed E-state index contributed by atoms with van der Waals surface area (Å²) in [6.07, 6.45) is 3.58. The molecule has 3 heterocycles. The SMILES string of the molecule is Cc1nc(C(C)N(C)Cc2nc3ncccn3n2)c(C)s1. The van der Waals surface area contributed by atoms with E-state index in [2.05, 4.69) is 45.8 Å². The van der Waals surface area contributed by atoms with Crippen molar-refractivity contribution in [3.63, 3.8) is 0 Å². The minimum atomic E-state index is 0.231. The zero-order valence-electron chi connectivity index (χ0n) is 12.6. The molecule has 0 amide bonds. The fourth-order valence-electron chi connectivity index (χ4n) is 2.34. The standard InChI is InChI=1S/C14H18N6S/c1-9(13-10(2)21-11(3)16-13)19(4)8-12-17-14-15-6-5-7-20(14)18-12/h5-7,9H,8H2,1-4H3. The summed E-state index contributed by atoms with van der Waals surface area (Å²) in [6, 6.07) is 2.08. The molecule has 3 aromatic heterocycles. The van der Waals surface area contributed by atoms with Gasteiger partial charge in [-0.2, -0.15) is 4.98 Å². The summed E-state index contributed by atoms with van der Waals surface area (Å²) in [7, 11) is 2.07. The maximum absolute atomic E-state index is 4.63. The first kappa shape index (κ1) is 14.1. The van der Waals surface area contributed by atoms with Gasteiger partial charge >= 0.3 is 0 Å². The molecule has 0 saturated heterocycles. The predicted molar refractivity (Wildman–Crippen MR) is 82.3 cm³/mol. The van der Waals surface area contributed by atoms with E-state index in [-0.39, 0.29) is 6.04 Å². The van der Waals surface area contributed by atoms with Crippen LogP contribution in [0.3, 0.4) is 0 Å². The van der Waals surface area contributed by atoms with Gasteiger partial charge in [0.2, 0.25) is 0 Å². The van der Waals surface area contributed by atoms with Crippen LogP contribution in [0.1, 0.15) is 34.4 Å². The van der Waals surface area contributed by atoms with Gasteiger partial charge in [-0.1, -0.05) is 0 Å². The third-order valence-electron chi connectivity index (χ3n) is 3.55. The van der Waals surface area contributed by atoms with Crippen LogP contribution in [0.2, 0.25) is 0 Å². The minimum Gasteiger partial charge on any atom is -0.291 e. The molecular formula is C14H18N6S. The Morgan fingerprint density at radius 3 is 2.81 bits per heavy atom. The van der Waals surface area contributed by atoms with Gasteiger partial charge in [-0.05, 0) is 33.9 Å². The van der Waals surface area contributed by atoms with E-state index >= 15 is 0 Å². The van der Waals surface area contributed by atoms with Crippen molar-refractivity contribution in [2.24, 2.45) is 0 Å². The number of thiazole rings is 1. The number of hydrogen-bond donors (Lipinski definition) is 0. The lowest BCUT2D eigenvalue weighted by Crippen LogP contribution is -2.23. The molecule has 0 aliphatic heterocycles. The van der Waals surface area contributed by atoms with E-state index in [0.717, 1.165) is 16.5 Å². The Morgan fingerprint density at radius 1 is 1.33 bits per heavy atom. The number of aryl methyl sites for hydroxylation is 2. The summed E-state index contributed by atoms with van der Waals surface area (Å²) >= 11 is 1.74. The molecule has 7 heteroatoms. The molecular weight excluding hydrogens is 284 g/mol. The molecule has 110 valence electrons. The van der Waals surface area contributed by atoms with Crippen molar-refractivity contribution >= 4 is 17.1 Å². The Balaban J connectivity index is 1.79. The summed E-state index contributed by atoms with van der Waals surface area (Å²) in [6.45, 7) is 7.00.